The van der Waals surface area contributed by atoms with Gasteiger partial charge in [0, 0.05) is 18.0 Å². The summed E-state index contributed by atoms with van der Waals surface area (Å²) in [6.45, 7) is 2.10. The Balaban J connectivity index is 2.23. The molecule has 92 valence electrons. The summed E-state index contributed by atoms with van der Waals surface area (Å²) < 4.78 is 2.08. The number of benzene rings is 2. The highest BCUT2D eigenvalue weighted by Crippen LogP contribution is 2.27. The van der Waals surface area contributed by atoms with Crippen molar-refractivity contribution < 1.29 is 0 Å². The molecule has 3 nitrogen and oxygen atoms in total. The average molecular weight is 247 g/mol. The number of pyridine rings is 1. The molecule has 0 N–H and O–H groups in total. The highest BCUT2D eigenvalue weighted by molar-refractivity contribution is 6.11. The van der Waals surface area contributed by atoms with Gasteiger partial charge in [0.1, 0.15) is 5.82 Å². The molecule has 4 rings (SSSR count). The van der Waals surface area contributed by atoms with Crippen molar-refractivity contribution >= 4 is 27.2 Å². The molecule has 0 fully saturated rings. The molecular formula is C16H13N3. The summed E-state index contributed by atoms with van der Waals surface area (Å²) in [6.07, 6.45) is 2.96. The first-order chi connectivity index (χ1) is 9.38. The zero-order chi connectivity index (χ0) is 12.8. The molecule has 0 unspecified atom stereocenters. The van der Waals surface area contributed by atoms with Crippen molar-refractivity contribution in [1.82, 2.24) is 14.6 Å². The molecule has 3 heteroatoms. The Labute approximate surface area is 110 Å². The molecule has 2 heterocycles. The number of rotatable bonds is 1. The third-order valence-corrected chi connectivity index (χ3v) is 3.68. The first kappa shape index (κ1) is 10.5. The van der Waals surface area contributed by atoms with Crippen LogP contribution in [0, 0.1) is 0 Å². The summed E-state index contributed by atoms with van der Waals surface area (Å²) >= 11 is 0. The van der Waals surface area contributed by atoms with E-state index in [9.17, 15) is 0 Å². The molecular weight excluding hydrogens is 234 g/mol. The molecule has 0 radical (unpaired) electrons. The molecule has 4 aromatic rings. The van der Waals surface area contributed by atoms with E-state index in [0.29, 0.717) is 0 Å². The van der Waals surface area contributed by atoms with Gasteiger partial charge in [-0.3, -0.25) is 4.40 Å². The fourth-order valence-electron chi connectivity index (χ4n) is 2.72. The van der Waals surface area contributed by atoms with Crippen molar-refractivity contribution in [2.24, 2.45) is 0 Å². The van der Waals surface area contributed by atoms with Crippen molar-refractivity contribution in [3.05, 3.63) is 54.5 Å². The molecule has 2 aromatic carbocycles. The third-order valence-electron chi connectivity index (χ3n) is 3.68. The average Bonchev–Trinajstić information content (AvgIpc) is 2.90. The van der Waals surface area contributed by atoms with Crippen molar-refractivity contribution in [2.75, 3.05) is 0 Å². The maximum absolute atomic E-state index is 4.34. The minimum absolute atomic E-state index is 0.889. The Morgan fingerprint density at radius 2 is 1.79 bits per heavy atom. The van der Waals surface area contributed by atoms with E-state index < -0.39 is 0 Å². The second kappa shape index (κ2) is 3.79. The summed E-state index contributed by atoms with van der Waals surface area (Å²) in [5, 5.41) is 13.5. The number of aryl methyl sites for hydroxylation is 1. The van der Waals surface area contributed by atoms with Gasteiger partial charge >= 0.3 is 0 Å². The molecule has 0 atom stereocenters. The van der Waals surface area contributed by atoms with Crippen LogP contribution in [0.5, 0.6) is 0 Å². The van der Waals surface area contributed by atoms with Crippen LogP contribution in [0.3, 0.4) is 0 Å². The second-order valence-corrected chi connectivity index (χ2v) is 4.73. The number of hydrogen-bond donors (Lipinski definition) is 0. The Bertz CT molecular complexity index is 906. The summed E-state index contributed by atoms with van der Waals surface area (Å²) in [4.78, 5) is 0. The fourth-order valence-corrected chi connectivity index (χ4v) is 2.72. The van der Waals surface area contributed by atoms with E-state index >= 15 is 0 Å². The Kier molecular flexibility index (Phi) is 2.09. The molecule has 0 saturated heterocycles. The topological polar surface area (TPSA) is 30.2 Å². The van der Waals surface area contributed by atoms with Crippen LogP contribution in [0.1, 0.15) is 12.7 Å². The van der Waals surface area contributed by atoms with Crippen LogP contribution in [0.2, 0.25) is 0 Å². The largest absolute Gasteiger partial charge is 0.286 e. The number of hydrogen-bond acceptors (Lipinski definition) is 2. The van der Waals surface area contributed by atoms with Crippen LogP contribution in [-0.2, 0) is 6.42 Å². The van der Waals surface area contributed by atoms with Gasteiger partial charge < -0.3 is 0 Å². The number of nitrogens with zero attached hydrogens (tertiary/aromatic N) is 3. The third kappa shape index (κ3) is 1.38. The standard InChI is InChI=1S/C16H13N3/c1-2-15-17-18-16-14-8-7-11-5-3-4-6-12(11)13(14)9-10-19(15)16/h3-10H,2H2,1H3. The molecule has 0 spiro atoms. The fraction of sp³-hybridized carbons (Fsp3) is 0.125. The van der Waals surface area contributed by atoms with E-state index in [1.165, 1.54) is 16.2 Å². The second-order valence-electron chi connectivity index (χ2n) is 4.73. The van der Waals surface area contributed by atoms with Crippen LogP contribution in [0.4, 0.5) is 0 Å². The quantitative estimate of drug-likeness (QED) is 0.481. The van der Waals surface area contributed by atoms with Gasteiger partial charge in [-0.2, -0.15) is 0 Å². The summed E-state index contributed by atoms with van der Waals surface area (Å²) in [5.74, 6) is 1.00. The lowest BCUT2D eigenvalue weighted by atomic mass is 10.0. The molecule has 0 amide bonds. The smallest absolute Gasteiger partial charge is 0.168 e. The molecule has 0 bridgehead atoms. The molecule has 0 aliphatic heterocycles. The predicted molar refractivity (Wildman–Crippen MR) is 77.4 cm³/mol. The van der Waals surface area contributed by atoms with Gasteiger partial charge in [0.25, 0.3) is 0 Å². The van der Waals surface area contributed by atoms with E-state index in [0.717, 1.165) is 23.3 Å². The first-order valence-corrected chi connectivity index (χ1v) is 6.52. The van der Waals surface area contributed by atoms with Crippen molar-refractivity contribution in [3.63, 3.8) is 0 Å². The van der Waals surface area contributed by atoms with Crippen molar-refractivity contribution in [1.29, 1.82) is 0 Å². The van der Waals surface area contributed by atoms with E-state index in [1.807, 2.05) is 0 Å². The van der Waals surface area contributed by atoms with E-state index in [-0.39, 0.29) is 0 Å². The normalized spacial score (nSPS) is 11.6. The van der Waals surface area contributed by atoms with E-state index in [2.05, 4.69) is 70.2 Å². The lowest BCUT2D eigenvalue weighted by Crippen LogP contribution is -1.92. The Morgan fingerprint density at radius 1 is 0.895 bits per heavy atom. The van der Waals surface area contributed by atoms with Crippen LogP contribution < -0.4 is 0 Å². The van der Waals surface area contributed by atoms with Crippen molar-refractivity contribution in [3.8, 4) is 0 Å². The van der Waals surface area contributed by atoms with Gasteiger partial charge in [-0.05, 0) is 28.3 Å². The highest BCUT2D eigenvalue weighted by atomic mass is 15.2. The van der Waals surface area contributed by atoms with Gasteiger partial charge in [0.05, 0.1) is 0 Å². The maximum Gasteiger partial charge on any atom is 0.168 e. The Hall–Kier alpha value is -2.42. The van der Waals surface area contributed by atoms with Gasteiger partial charge in [-0.15, -0.1) is 10.2 Å². The number of aromatic nitrogens is 3. The van der Waals surface area contributed by atoms with Gasteiger partial charge in [-0.1, -0.05) is 37.3 Å². The lowest BCUT2D eigenvalue weighted by Gasteiger charge is -2.05. The first-order valence-electron chi connectivity index (χ1n) is 6.52. The van der Waals surface area contributed by atoms with E-state index in [4.69, 9.17) is 0 Å². The van der Waals surface area contributed by atoms with Crippen LogP contribution in [-0.4, -0.2) is 14.6 Å². The molecule has 0 saturated carbocycles. The van der Waals surface area contributed by atoms with Gasteiger partial charge in [-0.25, -0.2) is 0 Å². The maximum atomic E-state index is 4.34. The van der Waals surface area contributed by atoms with Gasteiger partial charge in [0.2, 0.25) is 0 Å². The summed E-state index contributed by atoms with van der Waals surface area (Å²) in [7, 11) is 0. The Morgan fingerprint density at radius 3 is 2.68 bits per heavy atom. The zero-order valence-electron chi connectivity index (χ0n) is 10.7. The predicted octanol–water partition coefficient (Wildman–Crippen LogP) is 3.60. The summed E-state index contributed by atoms with van der Waals surface area (Å²) in [6, 6.07) is 14.9. The lowest BCUT2D eigenvalue weighted by molar-refractivity contribution is 0.910. The van der Waals surface area contributed by atoms with Crippen molar-refractivity contribution in [2.45, 2.75) is 13.3 Å². The minimum Gasteiger partial charge on any atom is -0.286 e. The van der Waals surface area contributed by atoms with Crippen LogP contribution >= 0.6 is 0 Å². The molecule has 0 aliphatic carbocycles. The van der Waals surface area contributed by atoms with Gasteiger partial charge in [0.15, 0.2) is 5.65 Å². The molecule has 19 heavy (non-hydrogen) atoms. The highest BCUT2D eigenvalue weighted by Gasteiger charge is 2.08. The summed E-state index contributed by atoms with van der Waals surface area (Å²) in [5.41, 5.74) is 0.945. The molecule has 2 aromatic heterocycles. The SMILES string of the molecule is CCc1nnc2c3ccc4ccccc4c3ccn12. The monoisotopic (exact) mass is 247 g/mol. The van der Waals surface area contributed by atoms with E-state index in [1.54, 1.807) is 0 Å². The van der Waals surface area contributed by atoms with Crippen LogP contribution in [0.25, 0.3) is 27.2 Å². The van der Waals surface area contributed by atoms with Crippen LogP contribution in [0.15, 0.2) is 48.7 Å². The number of fused-ring (bicyclic) bond motifs is 5. The molecule has 0 aliphatic rings. The minimum atomic E-state index is 0.889. The zero-order valence-corrected chi connectivity index (χ0v) is 10.7.